The molecule has 0 saturated carbocycles. The monoisotopic (exact) mass is 364 g/mol. The van der Waals surface area contributed by atoms with Crippen molar-refractivity contribution in [2.75, 3.05) is 20.6 Å². The largest absolute Gasteiger partial charge is 0.308 e. The van der Waals surface area contributed by atoms with E-state index in [-0.39, 0.29) is 0 Å². The van der Waals surface area contributed by atoms with Crippen molar-refractivity contribution in [1.29, 1.82) is 0 Å². The van der Waals surface area contributed by atoms with Crippen molar-refractivity contribution in [3.05, 3.63) is 19.4 Å². The predicted molar refractivity (Wildman–Crippen MR) is 83.9 cm³/mol. The van der Waals surface area contributed by atoms with Crippen LogP contribution in [0.4, 0.5) is 0 Å². The fourth-order valence-corrected chi connectivity index (χ4v) is 4.76. The molecular formula is C13H21IN2S. The van der Waals surface area contributed by atoms with E-state index < -0.39 is 0 Å². The molecule has 1 aromatic heterocycles. The Morgan fingerprint density at radius 1 is 1.59 bits per heavy atom. The number of likely N-dealkylation sites (N-methyl/N-ethyl adjacent to an activating group) is 1. The average Bonchev–Trinajstić information content (AvgIpc) is 2.58. The average molecular weight is 364 g/mol. The third-order valence-electron chi connectivity index (χ3n) is 3.21. The summed E-state index contributed by atoms with van der Waals surface area (Å²) in [6.45, 7) is 3.39. The van der Waals surface area contributed by atoms with Crippen LogP contribution in [0, 0.1) is 2.88 Å². The standard InChI is InChI=1S/C13H21IN2S/c1-9(8-16(2)3)15-11-5-4-6-12-10(11)7-13(14)17-12/h7,9,11,15H,4-6,8H2,1-3H3. The van der Waals surface area contributed by atoms with Gasteiger partial charge in [-0.1, -0.05) is 0 Å². The van der Waals surface area contributed by atoms with E-state index in [4.69, 9.17) is 0 Å². The first-order chi connectivity index (χ1) is 8.06. The summed E-state index contributed by atoms with van der Waals surface area (Å²) in [5.74, 6) is 0. The second kappa shape index (κ2) is 5.99. The van der Waals surface area contributed by atoms with Crippen LogP contribution >= 0.6 is 33.9 Å². The summed E-state index contributed by atoms with van der Waals surface area (Å²) in [7, 11) is 4.27. The third kappa shape index (κ3) is 3.66. The maximum Gasteiger partial charge on any atom is 0.0659 e. The molecule has 17 heavy (non-hydrogen) atoms. The van der Waals surface area contributed by atoms with Gasteiger partial charge in [0.1, 0.15) is 0 Å². The van der Waals surface area contributed by atoms with Crippen molar-refractivity contribution in [1.82, 2.24) is 10.2 Å². The van der Waals surface area contributed by atoms with Gasteiger partial charge in [0.05, 0.1) is 2.88 Å². The van der Waals surface area contributed by atoms with E-state index in [1.54, 1.807) is 10.4 Å². The molecule has 2 rings (SSSR count). The van der Waals surface area contributed by atoms with E-state index in [1.807, 2.05) is 11.3 Å². The lowest BCUT2D eigenvalue weighted by atomic mass is 9.93. The summed E-state index contributed by atoms with van der Waals surface area (Å²) in [5, 5.41) is 3.78. The van der Waals surface area contributed by atoms with Crippen LogP contribution in [0.5, 0.6) is 0 Å². The summed E-state index contributed by atoms with van der Waals surface area (Å²) in [4.78, 5) is 3.86. The minimum Gasteiger partial charge on any atom is -0.308 e. The van der Waals surface area contributed by atoms with Crippen molar-refractivity contribution in [2.24, 2.45) is 0 Å². The Hall–Kier alpha value is 0.350. The molecule has 0 spiro atoms. The van der Waals surface area contributed by atoms with Gasteiger partial charge in [-0.3, -0.25) is 0 Å². The molecule has 96 valence electrons. The molecule has 1 heterocycles. The number of thiophene rings is 1. The number of hydrogen-bond acceptors (Lipinski definition) is 3. The minimum atomic E-state index is 0.554. The summed E-state index contributed by atoms with van der Waals surface area (Å²) >= 11 is 4.42. The van der Waals surface area contributed by atoms with Gasteiger partial charge in [-0.15, -0.1) is 11.3 Å². The number of hydrogen-bond donors (Lipinski definition) is 1. The van der Waals surface area contributed by atoms with E-state index in [2.05, 4.69) is 59.9 Å². The second-order valence-electron chi connectivity index (χ2n) is 5.20. The van der Waals surface area contributed by atoms with Gasteiger partial charge in [0, 0.05) is 23.5 Å². The van der Waals surface area contributed by atoms with Crippen LogP contribution in [0.2, 0.25) is 0 Å². The van der Waals surface area contributed by atoms with Crippen molar-refractivity contribution in [3.63, 3.8) is 0 Å². The molecule has 0 radical (unpaired) electrons. The molecule has 2 unspecified atom stereocenters. The Kier molecular flexibility index (Phi) is 4.86. The van der Waals surface area contributed by atoms with Gasteiger partial charge < -0.3 is 10.2 Å². The maximum absolute atomic E-state index is 3.78. The van der Waals surface area contributed by atoms with Gasteiger partial charge in [-0.25, -0.2) is 0 Å². The zero-order valence-electron chi connectivity index (χ0n) is 10.8. The summed E-state index contributed by atoms with van der Waals surface area (Å²) in [5.41, 5.74) is 1.57. The van der Waals surface area contributed by atoms with Crippen LogP contribution in [0.1, 0.15) is 36.2 Å². The highest BCUT2D eigenvalue weighted by atomic mass is 127. The fourth-order valence-electron chi connectivity index (χ4n) is 2.64. The first kappa shape index (κ1) is 13.8. The number of nitrogens with one attached hydrogen (secondary N) is 1. The van der Waals surface area contributed by atoms with Crippen LogP contribution in [0.25, 0.3) is 0 Å². The van der Waals surface area contributed by atoms with E-state index in [0.29, 0.717) is 12.1 Å². The molecule has 0 bridgehead atoms. The Morgan fingerprint density at radius 3 is 3.06 bits per heavy atom. The number of nitrogens with zero attached hydrogens (tertiary/aromatic N) is 1. The van der Waals surface area contributed by atoms with Crippen LogP contribution in [0.3, 0.4) is 0 Å². The summed E-state index contributed by atoms with van der Waals surface area (Å²) in [6, 6.07) is 3.51. The van der Waals surface area contributed by atoms with E-state index in [0.717, 1.165) is 6.54 Å². The van der Waals surface area contributed by atoms with Crippen molar-refractivity contribution >= 4 is 33.9 Å². The zero-order valence-corrected chi connectivity index (χ0v) is 13.8. The Morgan fingerprint density at radius 2 is 2.35 bits per heavy atom. The van der Waals surface area contributed by atoms with E-state index >= 15 is 0 Å². The highest BCUT2D eigenvalue weighted by Crippen LogP contribution is 2.36. The molecule has 1 N–H and O–H groups in total. The van der Waals surface area contributed by atoms with Crippen LogP contribution < -0.4 is 5.32 Å². The topological polar surface area (TPSA) is 15.3 Å². The summed E-state index contributed by atoms with van der Waals surface area (Å²) in [6.07, 6.45) is 3.90. The van der Waals surface area contributed by atoms with Gasteiger partial charge in [0.2, 0.25) is 0 Å². The van der Waals surface area contributed by atoms with Crippen LogP contribution in [-0.2, 0) is 6.42 Å². The molecule has 2 nitrogen and oxygen atoms in total. The number of halogens is 1. The SMILES string of the molecule is CC(CN(C)C)NC1CCCc2sc(I)cc21. The van der Waals surface area contributed by atoms with Crippen molar-refractivity contribution < 1.29 is 0 Å². The molecule has 0 amide bonds. The lowest BCUT2D eigenvalue weighted by molar-refractivity contribution is 0.318. The molecule has 4 heteroatoms. The zero-order chi connectivity index (χ0) is 12.4. The first-order valence-corrected chi connectivity index (χ1v) is 8.14. The lowest BCUT2D eigenvalue weighted by Crippen LogP contribution is -2.38. The number of rotatable bonds is 4. The maximum atomic E-state index is 3.78. The van der Waals surface area contributed by atoms with Gasteiger partial charge in [-0.2, -0.15) is 0 Å². The van der Waals surface area contributed by atoms with Gasteiger partial charge in [0.15, 0.2) is 0 Å². The molecule has 0 aliphatic heterocycles. The number of fused-ring (bicyclic) bond motifs is 1. The van der Waals surface area contributed by atoms with Crippen molar-refractivity contribution in [2.45, 2.75) is 38.3 Å². The lowest BCUT2D eigenvalue weighted by Gasteiger charge is -2.28. The highest BCUT2D eigenvalue weighted by Gasteiger charge is 2.23. The van der Waals surface area contributed by atoms with Gasteiger partial charge in [-0.05, 0) is 74.5 Å². The van der Waals surface area contributed by atoms with Crippen LogP contribution in [-0.4, -0.2) is 31.6 Å². The highest BCUT2D eigenvalue weighted by molar-refractivity contribution is 14.1. The molecule has 0 saturated heterocycles. The van der Waals surface area contributed by atoms with E-state index in [9.17, 15) is 0 Å². The van der Waals surface area contributed by atoms with E-state index in [1.165, 1.54) is 22.1 Å². The minimum absolute atomic E-state index is 0.554. The normalized spacial score (nSPS) is 21.6. The Bertz CT molecular complexity index is 375. The van der Waals surface area contributed by atoms with Gasteiger partial charge in [0.25, 0.3) is 0 Å². The van der Waals surface area contributed by atoms with Crippen LogP contribution in [0.15, 0.2) is 6.07 Å². The molecule has 1 aliphatic carbocycles. The molecule has 1 aromatic rings. The molecule has 0 fully saturated rings. The van der Waals surface area contributed by atoms with Gasteiger partial charge >= 0.3 is 0 Å². The quantitative estimate of drug-likeness (QED) is 0.825. The van der Waals surface area contributed by atoms with Crippen molar-refractivity contribution in [3.8, 4) is 0 Å². The first-order valence-electron chi connectivity index (χ1n) is 6.25. The predicted octanol–water partition coefficient (Wildman–Crippen LogP) is 3.27. The second-order valence-corrected chi connectivity index (χ2v) is 8.23. The third-order valence-corrected chi connectivity index (χ3v) is 5.18. The molecule has 2 atom stereocenters. The number of aryl methyl sites for hydroxylation is 1. The Labute approximate surface area is 122 Å². The molecule has 1 aliphatic rings. The summed E-state index contributed by atoms with van der Waals surface area (Å²) < 4.78 is 1.43. The molecular weight excluding hydrogens is 343 g/mol. The molecule has 0 aromatic carbocycles. The smallest absolute Gasteiger partial charge is 0.0659 e. The Balaban J connectivity index is 2.03. The fraction of sp³-hybridized carbons (Fsp3) is 0.692.